The molecule has 0 spiro atoms. The van der Waals surface area contributed by atoms with E-state index in [4.69, 9.17) is 23.7 Å². The number of benzene rings is 1. The van der Waals surface area contributed by atoms with Crippen LogP contribution in [-0.2, 0) is 44.7 Å². The molecule has 1 saturated heterocycles. The minimum Gasteiger partial charge on any atom is -0.463 e. The van der Waals surface area contributed by atoms with Gasteiger partial charge in [-0.3, -0.25) is 14.4 Å². The maximum atomic E-state index is 11.5. The molecule has 0 saturated carbocycles. The van der Waals surface area contributed by atoms with E-state index in [0.717, 1.165) is 19.4 Å². The molecule has 0 aromatic heterocycles. The predicted molar refractivity (Wildman–Crippen MR) is 93.6 cm³/mol. The SMILES string of the molecule is CC(=O)OC[C@H]1O[C@H](OCc2ccccc2)[C@H](O)[C@@H](OC(C)=O)[C@@H]1OC(C)=O. The van der Waals surface area contributed by atoms with Gasteiger partial charge in [0, 0.05) is 20.8 Å². The first kappa shape index (κ1) is 21.8. The molecule has 1 aliphatic heterocycles. The highest BCUT2D eigenvalue weighted by atomic mass is 16.7. The van der Waals surface area contributed by atoms with Crippen molar-refractivity contribution in [2.45, 2.75) is 58.1 Å². The van der Waals surface area contributed by atoms with E-state index < -0.39 is 48.6 Å². The summed E-state index contributed by atoms with van der Waals surface area (Å²) in [7, 11) is 0. The summed E-state index contributed by atoms with van der Waals surface area (Å²) in [6.45, 7) is 3.38. The molecule has 5 atom stereocenters. The van der Waals surface area contributed by atoms with Crippen LogP contribution in [0.15, 0.2) is 30.3 Å². The highest BCUT2D eigenvalue weighted by molar-refractivity contribution is 5.67. The third-order valence-electron chi connectivity index (χ3n) is 3.93. The fourth-order valence-electron chi connectivity index (χ4n) is 2.78. The van der Waals surface area contributed by atoms with E-state index in [-0.39, 0.29) is 13.2 Å². The summed E-state index contributed by atoms with van der Waals surface area (Å²) in [6.07, 6.45) is -6.05. The summed E-state index contributed by atoms with van der Waals surface area (Å²) in [4.78, 5) is 34.2. The standard InChI is InChI=1S/C19H24O9/c1-11(20)24-10-15-17(26-12(2)21)18(27-13(3)22)16(23)19(28-15)25-9-14-7-5-4-6-8-14/h4-8,15-19,23H,9-10H2,1-3H3/t15-,16-,17-,18-,19+/m1/s1. The van der Waals surface area contributed by atoms with Crippen molar-refractivity contribution in [3.8, 4) is 0 Å². The second kappa shape index (κ2) is 10.2. The summed E-state index contributed by atoms with van der Waals surface area (Å²) in [5, 5.41) is 10.6. The normalized spacial score (nSPS) is 26.9. The van der Waals surface area contributed by atoms with Crippen molar-refractivity contribution in [3.05, 3.63) is 35.9 Å². The smallest absolute Gasteiger partial charge is 0.303 e. The molecule has 1 aromatic carbocycles. The third-order valence-corrected chi connectivity index (χ3v) is 3.93. The van der Waals surface area contributed by atoms with Crippen molar-refractivity contribution in [3.63, 3.8) is 0 Å². The Balaban J connectivity index is 2.19. The molecule has 1 aromatic rings. The maximum Gasteiger partial charge on any atom is 0.303 e. The number of ether oxygens (including phenoxy) is 5. The molecule has 0 aliphatic carbocycles. The molecule has 0 radical (unpaired) electrons. The van der Waals surface area contributed by atoms with Crippen LogP contribution in [0.25, 0.3) is 0 Å². The lowest BCUT2D eigenvalue weighted by Gasteiger charge is -2.42. The van der Waals surface area contributed by atoms with Gasteiger partial charge in [0.1, 0.15) is 18.8 Å². The van der Waals surface area contributed by atoms with Gasteiger partial charge in [-0.25, -0.2) is 0 Å². The Kier molecular flexibility index (Phi) is 7.91. The fraction of sp³-hybridized carbons (Fsp3) is 0.526. The third kappa shape index (κ3) is 6.29. The molecule has 1 aliphatic rings. The van der Waals surface area contributed by atoms with Gasteiger partial charge < -0.3 is 28.8 Å². The van der Waals surface area contributed by atoms with E-state index in [0.29, 0.717) is 0 Å². The van der Waals surface area contributed by atoms with Crippen LogP contribution >= 0.6 is 0 Å². The van der Waals surface area contributed by atoms with Gasteiger partial charge in [-0.05, 0) is 5.56 Å². The van der Waals surface area contributed by atoms with E-state index in [1.165, 1.54) is 6.92 Å². The fourth-order valence-corrected chi connectivity index (χ4v) is 2.78. The maximum absolute atomic E-state index is 11.5. The van der Waals surface area contributed by atoms with E-state index in [1.54, 1.807) is 0 Å². The molecule has 1 heterocycles. The Hall–Kier alpha value is -2.49. The summed E-state index contributed by atoms with van der Waals surface area (Å²) in [5.41, 5.74) is 0.834. The monoisotopic (exact) mass is 396 g/mol. The Morgan fingerprint density at radius 1 is 0.964 bits per heavy atom. The topological polar surface area (TPSA) is 118 Å². The van der Waals surface area contributed by atoms with Crippen molar-refractivity contribution in [2.75, 3.05) is 6.61 Å². The number of hydrogen-bond donors (Lipinski definition) is 1. The van der Waals surface area contributed by atoms with Crippen molar-refractivity contribution in [2.24, 2.45) is 0 Å². The average Bonchev–Trinajstić information content (AvgIpc) is 2.63. The molecule has 9 heteroatoms. The lowest BCUT2D eigenvalue weighted by molar-refractivity contribution is -0.308. The summed E-state index contributed by atoms with van der Waals surface area (Å²) in [5.74, 6) is -1.92. The van der Waals surface area contributed by atoms with Gasteiger partial charge in [0.05, 0.1) is 6.61 Å². The number of carbonyl (C=O) groups is 3. The quantitative estimate of drug-likeness (QED) is 0.525. The number of esters is 3. The van der Waals surface area contributed by atoms with Gasteiger partial charge in [-0.15, -0.1) is 0 Å². The van der Waals surface area contributed by atoms with E-state index in [9.17, 15) is 19.5 Å². The van der Waals surface area contributed by atoms with Gasteiger partial charge in [-0.1, -0.05) is 30.3 Å². The highest BCUT2D eigenvalue weighted by Gasteiger charge is 2.50. The van der Waals surface area contributed by atoms with Gasteiger partial charge >= 0.3 is 17.9 Å². The number of rotatable bonds is 7. The van der Waals surface area contributed by atoms with Crippen LogP contribution in [0.4, 0.5) is 0 Å². The number of carbonyl (C=O) groups excluding carboxylic acids is 3. The second-order valence-electron chi connectivity index (χ2n) is 6.28. The molecule has 9 nitrogen and oxygen atoms in total. The minimum absolute atomic E-state index is 0.119. The molecular formula is C19H24O9. The minimum atomic E-state index is -1.43. The van der Waals surface area contributed by atoms with E-state index >= 15 is 0 Å². The first-order valence-corrected chi connectivity index (χ1v) is 8.74. The van der Waals surface area contributed by atoms with Gasteiger partial charge in [0.15, 0.2) is 18.5 Å². The molecule has 0 bridgehead atoms. The van der Waals surface area contributed by atoms with Crippen molar-refractivity contribution >= 4 is 17.9 Å². The Morgan fingerprint density at radius 3 is 2.14 bits per heavy atom. The largest absolute Gasteiger partial charge is 0.463 e. The zero-order valence-corrected chi connectivity index (χ0v) is 15.9. The van der Waals surface area contributed by atoms with Crippen molar-refractivity contribution < 1.29 is 43.2 Å². The molecule has 0 amide bonds. The first-order valence-electron chi connectivity index (χ1n) is 8.74. The Labute approximate surface area is 162 Å². The van der Waals surface area contributed by atoms with Crippen LogP contribution in [0.5, 0.6) is 0 Å². The van der Waals surface area contributed by atoms with Crippen molar-refractivity contribution in [1.82, 2.24) is 0 Å². The van der Waals surface area contributed by atoms with Crippen LogP contribution in [0, 0.1) is 0 Å². The summed E-state index contributed by atoms with van der Waals surface area (Å²) < 4.78 is 26.6. The predicted octanol–water partition coefficient (Wildman–Crippen LogP) is 0.715. The van der Waals surface area contributed by atoms with Gasteiger partial charge in [0.2, 0.25) is 0 Å². The van der Waals surface area contributed by atoms with Crippen LogP contribution in [0.1, 0.15) is 26.3 Å². The van der Waals surface area contributed by atoms with Gasteiger partial charge in [0.25, 0.3) is 0 Å². The van der Waals surface area contributed by atoms with E-state index in [1.807, 2.05) is 30.3 Å². The van der Waals surface area contributed by atoms with Crippen LogP contribution in [0.3, 0.4) is 0 Å². The number of aliphatic hydroxyl groups is 1. The van der Waals surface area contributed by atoms with Crippen LogP contribution < -0.4 is 0 Å². The first-order chi connectivity index (χ1) is 13.3. The van der Waals surface area contributed by atoms with Gasteiger partial charge in [-0.2, -0.15) is 0 Å². The van der Waals surface area contributed by atoms with Crippen molar-refractivity contribution in [1.29, 1.82) is 0 Å². The molecular weight excluding hydrogens is 372 g/mol. The lowest BCUT2D eigenvalue weighted by atomic mass is 9.98. The Morgan fingerprint density at radius 2 is 1.57 bits per heavy atom. The number of hydrogen-bond acceptors (Lipinski definition) is 9. The average molecular weight is 396 g/mol. The van der Waals surface area contributed by atoms with E-state index in [2.05, 4.69) is 0 Å². The van der Waals surface area contributed by atoms with Crippen LogP contribution in [-0.4, -0.2) is 60.3 Å². The highest BCUT2D eigenvalue weighted by Crippen LogP contribution is 2.28. The van der Waals surface area contributed by atoms with Crippen LogP contribution in [0.2, 0.25) is 0 Å². The molecule has 28 heavy (non-hydrogen) atoms. The molecule has 1 N–H and O–H groups in total. The second-order valence-corrected chi connectivity index (χ2v) is 6.28. The molecule has 0 unspecified atom stereocenters. The zero-order valence-electron chi connectivity index (χ0n) is 15.9. The summed E-state index contributed by atoms with van der Waals surface area (Å²) in [6, 6.07) is 9.18. The molecule has 154 valence electrons. The number of aliphatic hydroxyl groups excluding tert-OH is 1. The molecule has 2 rings (SSSR count). The Bertz CT molecular complexity index is 675. The lowest BCUT2D eigenvalue weighted by Crippen LogP contribution is -2.61. The molecule has 1 fully saturated rings. The summed E-state index contributed by atoms with van der Waals surface area (Å²) >= 11 is 0. The zero-order chi connectivity index (χ0) is 20.7.